The van der Waals surface area contributed by atoms with E-state index in [0.717, 1.165) is 0 Å². The van der Waals surface area contributed by atoms with Crippen molar-refractivity contribution < 1.29 is 13.6 Å². The lowest BCUT2D eigenvalue weighted by Crippen LogP contribution is -2.40. The number of benzene rings is 1. The van der Waals surface area contributed by atoms with Crippen molar-refractivity contribution in [1.82, 2.24) is 4.98 Å². The van der Waals surface area contributed by atoms with Gasteiger partial charge >= 0.3 is 0 Å². The lowest BCUT2D eigenvalue weighted by Gasteiger charge is -2.18. The molecule has 2 heterocycles. The predicted octanol–water partition coefficient (Wildman–Crippen LogP) is 2.54. The van der Waals surface area contributed by atoms with Gasteiger partial charge in [0, 0.05) is 11.4 Å². The number of alkyl halides is 1. The number of anilines is 1. The molecule has 0 spiro atoms. The number of hydrogen-bond acceptors (Lipinski definition) is 4. The lowest BCUT2D eigenvalue weighted by molar-refractivity contribution is -0.119. The molecule has 0 saturated carbocycles. The zero-order valence-electron chi connectivity index (χ0n) is 10.1. The van der Waals surface area contributed by atoms with Crippen molar-refractivity contribution in [1.29, 1.82) is 0 Å². The third kappa shape index (κ3) is 2.19. The summed E-state index contributed by atoms with van der Waals surface area (Å²) in [7, 11) is 0. The minimum absolute atomic E-state index is 0.00573. The van der Waals surface area contributed by atoms with Crippen molar-refractivity contribution in [2.75, 3.05) is 11.4 Å². The maximum absolute atomic E-state index is 13.5. The molecule has 1 amide bonds. The van der Waals surface area contributed by atoms with Crippen molar-refractivity contribution in [3.05, 3.63) is 22.2 Å². The normalized spacial score (nSPS) is 22.6. The second kappa shape index (κ2) is 4.79. The number of amides is 1. The third-order valence-corrected chi connectivity index (χ3v) is 3.72. The van der Waals surface area contributed by atoms with Gasteiger partial charge in [-0.15, -0.1) is 0 Å². The number of primary amides is 1. The van der Waals surface area contributed by atoms with Crippen molar-refractivity contribution in [2.24, 2.45) is 5.73 Å². The Bertz CT molecular complexity index is 691. The standard InChI is InChI=1S/C12H10Cl2FN3O2/c13-5-1-7(14)10-8(2-5)17-12(20-10)18-4-6(15)3-9(18)11(16)19/h1-2,6,9H,3-4H2,(H2,16,19)/t6-,9+/m1/s1. The number of nitrogens with two attached hydrogens (primary N) is 1. The number of carbonyl (C=O) groups excluding carboxylic acids is 1. The molecule has 1 aliphatic heterocycles. The minimum atomic E-state index is -1.15. The number of hydrogen-bond donors (Lipinski definition) is 1. The molecule has 1 aliphatic rings. The summed E-state index contributed by atoms with van der Waals surface area (Å²) in [6.45, 7) is 0.00573. The predicted molar refractivity (Wildman–Crippen MR) is 73.9 cm³/mol. The maximum Gasteiger partial charge on any atom is 0.299 e. The van der Waals surface area contributed by atoms with Crippen LogP contribution < -0.4 is 10.6 Å². The fourth-order valence-corrected chi connectivity index (χ4v) is 2.86. The van der Waals surface area contributed by atoms with E-state index in [-0.39, 0.29) is 19.0 Å². The molecule has 3 rings (SSSR count). The van der Waals surface area contributed by atoms with Crippen LogP contribution in [0.3, 0.4) is 0 Å². The van der Waals surface area contributed by atoms with E-state index in [9.17, 15) is 9.18 Å². The van der Waals surface area contributed by atoms with Crippen LogP contribution >= 0.6 is 23.2 Å². The fourth-order valence-electron chi connectivity index (χ4n) is 2.34. The molecule has 1 aromatic carbocycles. The first kappa shape index (κ1) is 13.5. The van der Waals surface area contributed by atoms with Gasteiger partial charge in [0.25, 0.3) is 6.01 Å². The molecule has 20 heavy (non-hydrogen) atoms. The molecule has 0 radical (unpaired) electrons. The van der Waals surface area contributed by atoms with E-state index in [4.69, 9.17) is 33.4 Å². The number of halogens is 3. The molecule has 106 valence electrons. The Morgan fingerprint density at radius 1 is 1.50 bits per heavy atom. The summed E-state index contributed by atoms with van der Waals surface area (Å²) >= 11 is 11.9. The molecule has 8 heteroatoms. The van der Waals surface area contributed by atoms with Crippen LogP contribution in [0.5, 0.6) is 0 Å². The average molecular weight is 318 g/mol. The first-order valence-corrected chi connectivity index (χ1v) is 6.67. The van der Waals surface area contributed by atoms with E-state index in [1.807, 2.05) is 0 Å². The van der Waals surface area contributed by atoms with Crippen molar-refractivity contribution in [3.63, 3.8) is 0 Å². The molecule has 2 N–H and O–H groups in total. The van der Waals surface area contributed by atoms with E-state index in [0.29, 0.717) is 21.1 Å². The summed E-state index contributed by atoms with van der Waals surface area (Å²) in [6.07, 6.45) is -1.12. The summed E-state index contributed by atoms with van der Waals surface area (Å²) in [5, 5.41) is 0.719. The number of oxazole rings is 1. The van der Waals surface area contributed by atoms with E-state index in [2.05, 4.69) is 4.98 Å². The minimum Gasteiger partial charge on any atom is -0.422 e. The van der Waals surface area contributed by atoms with Crippen LogP contribution in [0.1, 0.15) is 6.42 Å². The van der Waals surface area contributed by atoms with Crippen molar-refractivity contribution >= 4 is 46.2 Å². The molecular weight excluding hydrogens is 308 g/mol. The first-order valence-electron chi connectivity index (χ1n) is 5.91. The quantitative estimate of drug-likeness (QED) is 0.923. The van der Waals surface area contributed by atoms with Crippen LogP contribution in [0.4, 0.5) is 10.4 Å². The topological polar surface area (TPSA) is 72.4 Å². The van der Waals surface area contributed by atoms with Crippen LogP contribution in [0, 0.1) is 0 Å². The van der Waals surface area contributed by atoms with Gasteiger partial charge in [-0.25, -0.2) is 4.39 Å². The highest BCUT2D eigenvalue weighted by Gasteiger charge is 2.38. The number of nitrogens with zero attached hydrogens (tertiary/aromatic N) is 2. The van der Waals surface area contributed by atoms with Gasteiger partial charge in [0.15, 0.2) is 5.58 Å². The monoisotopic (exact) mass is 317 g/mol. The Balaban J connectivity index is 2.06. The van der Waals surface area contributed by atoms with E-state index >= 15 is 0 Å². The Labute approximate surface area is 123 Å². The second-order valence-electron chi connectivity index (χ2n) is 4.64. The Kier molecular flexibility index (Phi) is 3.22. The molecule has 5 nitrogen and oxygen atoms in total. The van der Waals surface area contributed by atoms with Gasteiger partial charge in [-0.2, -0.15) is 4.98 Å². The lowest BCUT2D eigenvalue weighted by atomic mass is 10.2. The van der Waals surface area contributed by atoms with Gasteiger partial charge in [-0.3, -0.25) is 4.79 Å². The SMILES string of the molecule is NC(=O)[C@@H]1C[C@@H](F)CN1c1nc2cc(Cl)cc(Cl)c2o1. The van der Waals surface area contributed by atoms with Gasteiger partial charge in [0.2, 0.25) is 5.91 Å². The summed E-state index contributed by atoms with van der Waals surface area (Å²) in [5.41, 5.74) is 6.06. The molecular formula is C12H10Cl2FN3O2. The van der Waals surface area contributed by atoms with Gasteiger partial charge in [-0.05, 0) is 12.1 Å². The smallest absolute Gasteiger partial charge is 0.299 e. The Morgan fingerprint density at radius 2 is 2.25 bits per heavy atom. The first-order chi connectivity index (χ1) is 9.45. The summed E-state index contributed by atoms with van der Waals surface area (Å²) in [6, 6.07) is 2.45. The molecule has 1 saturated heterocycles. The van der Waals surface area contributed by atoms with Crippen molar-refractivity contribution in [2.45, 2.75) is 18.6 Å². The maximum atomic E-state index is 13.5. The average Bonchev–Trinajstić information content (AvgIpc) is 2.92. The number of aromatic nitrogens is 1. The van der Waals surface area contributed by atoms with E-state index in [1.165, 1.54) is 11.0 Å². The molecule has 2 atom stereocenters. The van der Waals surface area contributed by atoms with Crippen LogP contribution in [0.15, 0.2) is 16.5 Å². The Morgan fingerprint density at radius 3 is 2.95 bits per heavy atom. The fraction of sp³-hybridized carbons (Fsp3) is 0.333. The summed E-state index contributed by atoms with van der Waals surface area (Å²) in [5.74, 6) is -0.614. The largest absolute Gasteiger partial charge is 0.422 e. The van der Waals surface area contributed by atoms with E-state index in [1.54, 1.807) is 6.07 Å². The molecule has 2 aromatic rings. The van der Waals surface area contributed by atoms with Crippen LogP contribution in [0.25, 0.3) is 11.1 Å². The van der Waals surface area contributed by atoms with Crippen molar-refractivity contribution in [3.8, 4) is 0 Å². The second-order valence-corrected chi connectivity index (χ2v) is 5.48. The number of carbonyl (C=O) groups is 1. The zero-order chi connectivity index (χ0) is 14.4. The molecule has 1 aromatic heterocycles. The molecule has 0 unspecified atom stereocenters. The highest BCUT2D eigenvalue weighted by atomic mass is 35.5. The third-order valence-electron chi connectivity index (χ3n) is 3.22. The number of rotatable bonds is 2. The molecule has 0 aliphatic carbocycles. The highest BCUT2D eigenvalue weighted by Crippen LogP contribution is 2.34. The van der Waals surface area contributed by atoms with Gasteiger partial charge in [0.1, 0.15) is 17.7 Å². The Hall–Kier alpha value is -1.53. The summed E-state index contributed by atoms with van der Waals surface area (Å²) in [4.78, 5) is 17.0. The highest BCUT2D eigenvalue weighted by molar-refractivity contribution is 6.38. The van der Waals surface area contributed by atoms with Gasteiger partial charge in [0.05, 0.1) is 11.6 Å². The summed E-state index contributed by atoms with van der Waals surface area (Å²) < 4.78 is 19.0. The van der Waals surface area contributed by atoms with Gasteiger partial charge < -0.3 is 15.1 Å². The zero-order valence-corrected chi connectivity index (χ0v) is 11.7. The number of fused-ring (bicyclic) bond motifs is 1. The van der Waals surface area contributed by atoms with Crippen LogP contribution in [-0.2, 0) is 4.79 Å². The van der Waals surface area contributed by atoms with Gasteiger partial charge in [-0.1, -0.05) is 23.2 Å². The van der Waals surface area contributed by atoms with Crippen LogP contribution in [0.2, 0.25) is 10.0 Å². The van der Waals surface area contributed by atoms with Crippen LogP contribution in [-0.4, -0.2) is 29.6 Å². The molecule has 0 bridgehead atoms. The van der Waals surface area contributed by atoms with E-state index < -0.39 is 18.1 Å². The molecule has 1 fully saturated rings.